The third-order valence-electron chi connectivity index (χ3n) is 7.17. The van der Waals surface area contributed by atoms with Gasteiger partial charge < -0.3 is 24.6 Å². The van der Waals surface area contributed by atoms with E-state index in [4.69, 9.17) is 21.1 Å². The van der Waals surface area contributed by atoms with Crippen molar-refractivity contribution in [2.24, 2.45) is 5.41 Å². The average Bonchev–Trinajstić information content (AvgIpc) is 3.62. The van der Waals surface area contributed by atoms with Crippen molar-refractivity contribution < 1.29 is 42.1 Å². The second-order valence-corrected chi connectivity index (χ2v) is 10.4. The first-order valence-electron chi connectivity index (χ1n) is 12.9. The molecule has 0 saturated heterocycles. The van der Waals surface area contributed by atoms with Gasteiger partial charge in [-0.2, -0.15) is 0 Å². The smallest absolute Gasteiger partial charge is 0.497 e. The number of alkyl halides is 3. The van der Waals surface area contributed by atoms with Crippen LogP contribution in [-0.4, -0.2) is 41.6 Å². The SMILES string of the molecule is COc1cc(NC(C(=O)n2ccc3ccc(OC(F)(F)F)cc32)c2ccc(Cl)cc2)cc(OCCC2(C(=O)O)CC2)c1. The Bertz CT molecular complexity index is 1620. The molecule has 3 aromatic carbocycles. The topological polar surface area (TPSA) is 99.0 Å². The zero-order valence-corrected chi connectivity index (χ0v) is 23.0. The molecular formula is C30H26ClF3N2O6. The molecule has 1 atom stereocenters. The number of ether oxygens (including phenoxy) is 3. The Kier molecular flexibility index (Phi) is 7.96. The molecule has 2 N–H and O–H groups in total. The predicted octanol–water partition coefficient (Wildman–Crippen LogP) is 7.33. The van der Waals surface area contributed by atoms with Crippen molar-refractivity contribution in [3.8, 4) is 17.2 Å². The summed E-state index contributed by atoms with van der Waals surface area (Å²) in [4.78, 5) is 25.5. The molecule has 0 spiro atoms. The van der Waals surface area contributed by atoms with E-state index in [0.29, 0.717) is 52.4 Å². The highest BCUT2D eigenvalue weighted by molar-refractivity contribution is 6.30. The number of aromatic nitrogens is 1. The van der Waals surface area contributed by atoms with E-state index in [1.807, 2.05) is 0 Å². The van der Waals surface area contributed by atoms with Gasteiger partial charge in [0.05, 0.1) is 24.6 Å². The first-order valence-corrected chi connectivity index (χ1v) is 13.3. The number of aliphatic carboxylic acids is 1. The number of nitrogens with zero attached hydrogens (tertiary/aromatic N) is 1. The van der Waals surface area contributed by atoms with E-state index in [1.54, 1.807) is 48.5 Å². The van der Waals surface area contributed by atoms with Crippen LogP contribution < -0.4 is 19.5 Å². The first kappa shape index (κ1) is 29.1. The summed E-state index contributed by atoms with van der Waals surface area (Å²) in [7, 11) is 1.47. The zero-order chi connectivity index (χ0) is 30.1. The number of benzene rings is 3. The largest absolute Gasteiger partial charge is 0.573 e. The quantitative estimate of drug-likeness (QED) is 0.185. The summed E-state index contributed by atoms with van der Waals surface area (Å²) in [5.74, 6) is -0.945. The molecule has 0 bridgehead atoms. The molecule has 8 nitrogen and oxygen atoms in total. The molecule has 1 heterocycles. The van der Waals surface area contributed by atoms with Gasteiger partial charge >= 0.3 is 12.3 Å². The number of carboxylic acids is 1. The Morgan fingerprint density at radius 2 is 1.74 bits per heavy atom. The maximum absolute atomic E-state index is 14.0. The number of fused-ring (bicyclic) bond motifs is 1. The summed E-state index contributed by atoms with van der Waals surface area (Å²) in [6, 6.07) is 15.9. The van der Waals surface area contributed by atoms with Crippen LogP contribution in [0.3, 0.4) is 0 Å². The molecule has 1 aliphatic carbocycles. The van der Waals surface area contributed by atoms with Crippen LogP contribution in [-0.2, 0) is 4.79 Å². The highest BCUT2D eigenvalue weighted by atomic mass is 35.5. The van der Waals surface area contributed by atoms with Crippen LogP contribution in [0.1, 0.15) is 35.7 Å². The highest BCUT2D eigenvalue weighted by Gasteiger charge is 2.49. The molecule has 1 aliphatic rings. The minimum Gasteiger partial charge on any atom is -0.497 e. The summed E-state index contributed by atoms with van der Waals surface area (Å²) < 4.78 is 55.2. The molecule has 42 heavy (non-hydrogen) atoms. The number of methoxy groups -OCH3 is 1. The number of carbonyl (C=O) groups excluding carboxylic acids is 1. The Hall–Kier alpha value is -4.38. The minimum atomic E-state index is -4.89. The van der Waals surface area contributed by atoms with Gasteiger partial charge in [0.2, 0.25) is 0 Å². The molecular weight excluding hydrogens is 577 g/mol. The van der Waals surface area contributed by atoms with E-state index < -0.39 is 35.4 Å². The number of carboxylic acid groups (broad SMARTS) is 1. The lowest BCUT2D eigenvalue weighted by molar-refractivity contribution is -0.274. The van der Waals surface area contributed by atoms with Gasteiger partial charge in [-0.15, -0.1) is 13.2 Å². The van der Waals surface area contributed by atoms with Gasteiger partial charge in [-0.1, -0.05) is 23.7 Å². The Morgan fingerprint density at radius 1 is 1.02 bits per heavy atom. The van der Waals surface area contributed by atoms with Crippen LogP contribution >= 0.6 is 11.6 Å². The van der Waals surface area contributed by atoms with E-state index in [1.165, 1.54) is 30.0 Å². The van der Waals surface area contributed by atoms with Crippen molar-refractivity contribution in [1.82, 2.24) is 4.57 Å². The zero-order valence-electron chi connectivity index (χ0n) is 22.3. The van der Waals surface area contributed by atoms with E-state index >= 15 is 0 Å². The van der Waals surface area contributed by atoms with E-state index in [0.717, 1.165) is 6.07 Å². The molecule has 5 rings (SSSR count). The van der Waals surface area contributed by atoms with Gasteiger partial charge in [-0.05, 0) is 55.2 Å². The summed E-state index contributed by atoms with van der Waals surface area (Å²) in [5.41, 5.74) is 0.479. The summed E-state index contributed by atoms with van der Waals surface area (Å²) >= 11 is 6.08. The number of anilines is 1. The van der Waals surface area contributed by atoms with Crippen molar-refractivity contribution in [3.63, 3.8) is 0 Å². The monoisotopic (exact) mass is 602 g/mol. The fourth-order valence-electron chi connectivity index (χ4n) is 4.69. The molecule has 1 fully saturated rings. The number of halogens is 4. The first-order chi connectivity index (χ1) is 20.0. The van der Waals surface area contributed by atoms with Gasteiger partial charge in [0.1, 0.15) is 23.3 Å². The van der Waals surface area contributed by atoms with Crippen LogP contribution in [0.4, 0.5) is 18.9 Å². The molecule has 0 aliphatic heterocycles. The lowest BCUT2D eigenvalue weighted by atomic mass is 10.0. The van der Waals surface area contributed by atoms with E-state index in [2.05, 4.69) is 10.1 Å². The molecule has 4 aromatic rings. The predicted molar refractivity (Wildman–Crippen MR) is 149 cm³/mol. The van der Waals surface area contributed by atoms with Crippen molar-refractivity contribution in [3.05, 3.63) is 83.5 Å². The van der Waals surface area contributed by atoms with Crippen molar-refractivity contribution in [2.45, 2.75) is 31.7 Å². The molecule has 0 amide bonds. The molecule has 1 saturated carbocycles. The Labute approximate surface area is 243 Å². The van der Waals surface area contributed by atoms with Crippen LogP contribution in [0.25, 0.3) is 10.9 Å². The number of rotatable bonds is 11. The number of hydrogen-bond acceptors (Lipinski definition) is 6. The van der Waals surface area contributed by atoms with E-state index in [9.17, 15) is 27.9 Å². The second kappa shape index (κ2) is 11.5. The summed E-state index contributed by atoms with van der Waals surface area (Å²) in [6.45, 7) is 0.177. The van der Waals surface area contributed by atoms with Gasteiger partial charge in [0, 0.05) is 46.6 Å². The highest BCUT2D eigenvalue weighted by Crippen LogP contribution is 2.49. The molecule has 0 radical (unpaired) electrons. The normalized spacial score (nSPS) is 14.7. The van der Waals surface area contributed by atoms with E-state index in [-0.39, 0.29) is 12.1 Å². The Balaban J connectivity index is 1.45. The number of hydrogen-bond donors (Lipinski definition) is 2. The van der Waals surface area contributed by atoms with Gasteiger partial charge in [-0.25, -0.2) is 0 Å². The van der Waals surface area contributed by atoms with Crippen molar-refractivity contribution in [2.75, 3.05) is 19.0 Å². The third kappa shape index (κ3) is 6.57. The maximum Gasteiger partial charge on any atom is 0.573 e. The summed E-state index contributed by atoms with van der Waals surface area (Å²) in [6.07, 6.45) is -1.83. The minimum absolute atomic E-state index is 0.177. The molecule has 1 aromatic heterocycles. The lowest BCUT2D eigenvalue weighted by Gasteiger charge is -2.21. The molecule has 220 valence electrons. The van der Waals surface area contributed by atoms with Crippen LogP contribution in [0.15, 0.2) is 72.9 Å². The summed E-state index contributed by atoms with van der Waals surface area (Å²) in [5, 5.41) is 13.6. The van der Waals surface area contributed by atoms with Gasteiger partial charge in [0.25, 0.3) is 5.91 Å². The fourth-order valence-corrected chi connectivity index (χ4v) is 4.81. The molecule has 12 heteroatoms. The van der Waals surface area contributed by atoms with Crippen molar-refractivity contribution >= 4 is 40.1 Å². The standard InChI is InChI=1S/C30H26ClF3N2O6/c1-40-23-14-21(15-24(16-23)41-13-11-29(9-10-29)28(38)39)35-26(19-2-5-20(31)6-3-19)27(37)36-12-8-18-4-7-22(17-25(18)36)42-30(32,33)34/h2-8,12,14-17,26,35H,9-11,13H2,1H3,(H,38,39). The second-order valence-electron chi connectivity index (χ2n) is 10.0. The Morgan fingerprint density at radius 3 is 2.38 bits per heavy atom. The van der Waals surface area contributed by atoms with Crippen LogP contribution in [0.5, 0.6) is 17.2 Å². The maximum atomic E-state index is 14.0. The fraction of sp³-hybridized carbons (Fsp3) is 0.267. The third-order valence-corrected chi connectivity index (χ3v) is 7.42. The van der Waals surface area contributed by atoms with Crippen LogP contribution in [0.2, 0.25) is 5.02 Å². The van der Waals surface area contributed by atoms with Crippen molar-refractivity contribution in [1.29, 1.82) is 0 Å². The number of carbonyl (C=O) groups is 2. The van der Waals surface area contributed by atoms with Gasteiger partial charge in [-0.3, -0.25) is 14.2 Å². The average molecular weight is 603 g/mol. The molecule has 1 unspecified atom stereocenters. The number of nitrogens with one attached hydrogen (secondary N) is 1. The lowest BCUT2D eigenvalue weighted by Crippen LogP contribution is -2.26. The van der Waals surface area contributed by atoms with Crippen LogP contribution in [0, 0.1) is 5.41 Å². The van der Waals surface area contributed by atoms with Gasteiger partial charge in [0.15, 0.2) is 0 Å².